The van der Waals surface area contributed by atoms with Crippen LogP contribution in [0.4, 0.5) is 0 Å². The van der Waals surface area contributed by atoms with Crippen molar-refractivity contribution in [1.82, 2.24) is 5.32 Å². The summed E-state index contributed by atoms with van der Waals surface area (Å²) in [5, 5.41) is 13.3. The van der Waals surface area contributed by atoms with Crippen molar-refractivity contribution < 1.29 is 5.11 Å². The van der Waals surface area contributed by atoms with Crippen LogP contribution in [0.3, 0.4) is 0 Å². The molecule has 0 saturated heterocycles. The lowest BCUT2D eigenvalue weighted by atomic mass is 9.91. The highest BCUT2D eigenvalue weighted by Crippen LogP contribution is 2.26. The van der Waals surface area contributed by atoms with Gasteiger partial charge in [-0.15, -0.1) is 11.8 Å². The maximum Gasteiger partial charge on any atom is 0.0613 e. The molecule has 0 aliphatic carbocycles. The molecule has 0 aliphatic rings. The molecule has 1 aromatic carbocycles. The number of aliphatic hydroxyl groups excluding tert-OH is 1. The molecule has 0 heterocycles. The Hall–Kier alpha value is -0.510. The molecule has 120 valence electrons. The summed E-state index contributed by atoms with van der Waals surface area (Å²) in [7, 11) is 0. The van der Waals surface area contributed by atoms with Crippen molar-refractivity contribution in [2.45, 2.75) is 70.4 Å². The number of benzene rings is 1. The first-order chi connectivity index (χ1) is 9.92. The highest BCUT2D eigenvalue weighted by Gasteiger charge is 2.27. The van der Waals surface area contributed by atoms with Crippen LogP contribution in [0.15, 0.2) is 23.1 Å². The second-order valence-electron chi connectivity index (χ2n) is 6.31. The van der Waals surface area contributed by atoms with E-state index in [1.54, 1.807) is 0 Å². The highest BCUT2D eigenvalue weighted by atomic mass is 32.2. The largest absolute Gasteiger partial charge is 0.394 e. The second kappa shape index (κ2) is 8.82. The number of thioether (sulfide) groups is 1. The Bertz CT molecular complexity index is 427. The maximum absolute atomic E-state index is 9.75. The van der Waals surface area contributed by atoms with Crippen molar-refractivity contribution >= 4 is 11.8 Å². The number of aryl methyl sites for hydroxylation is 2. The summed E-state index contributed by atoms with van der Waals surface area (Å²) in [5.41, 5.74) is 2.57. The lowest BCUT2D eigenvalue weighted by Gasteiger charge is -2.34. The maximum atomic E-state index is 9.75. The quantitative estimate of drug-likeness (QED) is 0.526. The fourth-order valence-electron chi connectivity index (χ4n) is 2.75. The van der Waals surface area contributed by atoms with Crippen LogP contribution in [0, 0.1) is 13.8 Å². The molecule has 2 nitrogen and oxygen atoms in total. The third-order valence-electron chi connectivity index (χ3n) is 3.96. The van der Waals surface area contributed by atoms with Gasteiger partial charge in [-0.25, -0.2) is 0 Å². The lowest BCUT2D eigenvalue weighted by molar-refractivity contribution is 0.137. The van der Waals surface area contributed by atoms with Gasteiger partial charge < -0.3 is 10.4 Å². The molecule has 21 heavy (non-hydrogen) atoms. The van der Waals surface area contributed by atoms with Gasteiger partial charge in [0.25, 0.3) is 0 Å². The van der Waals surface area contributed by atoms with Crippen LogP contribution in [0.25, 0.3) is 0 Å². The van der Waals surface area contributed by atoms with E-state index in [0.717, 1.165) is 25.0 Å². The van der Waals surface area contributed by atoms with Crippen molar-refractivity contribution in [3.05, 3.63) is 29.3 Å². The van der Waals surface area contributed by atoms with Crippen molar-refractivity contribution in [2.24, 2.45) is 0 Å². The zero-order chi connectivity index (χ0) is 15.9. The van der Waals surface area contributed by atoms with Crippen LogP contribution in [-0.4, -0.2) is 29.0 Å². The number of nitrogens with one attached hydrogen (secondary N) is 1. The summed E-state index contributed by atoms with van der Waals surface area (Å²) in [6.45, 7) is 11.0. The standard InChI is InChI=1S/C18H31NOS/c1-6-18(13-20,19-14(2)3)10-7-11-21-17-9-8-15(4)12-16(17)5/h8-9,12,14,19-20H,6-7,10-11,13H2,1-5H3. The first kappa shape index (κ1) is 18.5. The van der Waals surface area contributed by atoms with Crippen molar-refractivity contribution in [3.63, 3.8) is 0 Å². The van der Waals surface area contributed by atoms with E-state index >= 15 is 0 Å². The van der Waals surface area contributed by atoms with Gasteiger partial charge in [0.2, 0.25) is 0 Å². The summed E-state index contributed by atoms with van der Waals surface area (Å²) in [6, 6.07) is 7.05. The Morgan fingerprint density at radius 1 is 1.29 bits per heavy atom. The second-order valence-corrected chi connectivity index (χ2v) is 7.45. The number of hydrogen-bond acceptors (Lipinski definition) is 3. The Kier molecular flexibility index (Phi) is 7.78. The molecule has 0 radical (unpaired) electrons. The molecule has 3 heteroatoms. The van der Waals surface area contributed by atoms with Gasteiger partial charge in [-0.2, -0.15) is 0 Å². The molecular formula is C18H31NOS. The van der Waals surface area contributed by atoms with Gasteiger partial charge in [-0.05, 0) is 50.5 Å². The molecule has 0 bridgehead atoms. The van der Waals surface area contributed by atoms with Gasteiger partial charge in [0.1, 0.15) is 0 Å². The number of rotatable bonds is 9. The normalized spacial score (nSPS) is 14.4. The molecule has 1 rings (SSSR count). The average Bonchev–Trinajstić information content (AvgIpc) is 2.43. The number of aliphatic hydroxyl groups is 1. The molecule has 0 fully saturated rings. The highest BCUT2D eigenvalue weighted by molar-refractivity contribution is 7.99. The first-order valence-electron chi connectivity index (χ1n) is 8.01. The van der Waals surface area contributed by atoms with E-state index in [2.05, 4.69) is 58.1 Å². The summed E-state index contributed by atoms with van der Waals surface area (Å²) in [6.07, 6.45) is 3.11. The SMILES string of the molecule is CCC(CO)(CCCSc1ccc(C)cc1C)NC(C)C. The molecule has 1 unspecified atom stereocenters. The molecule has 0 spiro atoms. The average molecular weight is 310 g/mol. The first-order valence-corrected chi connectivity index (χ1v) is 8.99. The molecule has 0 amide bonds. The van der Waals surface area contributed by atoms with Gasteiger partial charge >= 0.3 is 0 Å². The molecule has 0 aromatic heterocycles. The summed E-state index contributed by atoms with van der Waals surface area (Å²) < 4.78 is 0. The number of hydrogen-bond donors (Lipinski definition) is 2. The van der Waals surface area contributed by atoms with Gasteiger partial charge in [0.15, 0.2) is 0 Å². The Balaban J connectivity index is 2.47. The van der Waals surface area contributed by atoms with Gasteiger partial charge in [0.05, 0.1) is 6.61 Å². The van der Waals surface area contributed by atoms with E-state index < -0.39 is 0 Å². The van der Waals surface area contributed by atoms with Crippen LogP contribution in [0.5, 0.6) is 0 Å². The molecule has 1 aromatic rings. The molecule has 1 atom stereocenters. The van der Waals surface area contributed by atoms with E-state index in [9.17, 15) is 5.11 Å². The fraction of sp³-hybridized carbons (Fsp3) is 0.667. The van der Waals surface area contributed by atoms with E-state index in [1.807, 2.05) is 11.8 Å². The predicted molar refractivity (Wildman–Crippen MR) is 94.3 cm³/mol. The van der Waals surface area contributed by atoms with Crippen LogP contribution in [-0.2, 0) is 0 Å². The minimum atomic E-state index is -0.114. The van der Waals surface area contributed by atoms with Crippen LogP contribution in [0.1, 0.15) is 51.2 Å². The minimum Gasteiger partial charge on any atom is -0.394 e. The van der Waals surface area contributed by atoms with Gasteiger partial charge in [-0.1, -0.05) is 38.5 Å². The van der Waals surface area contributed by atoms with E-state index in [4.69, 9.17) is 0 Å². The van der Waals surface area contributed by atoms with Crippen molar-refractivity contribution in [1.29, 1.82) is 0 Å². The third kappa shape index (κ3) is 6.01. The van der Waals surface area contributed by atoms with E-state index in [0.29, 0.717) is 6.04 Å². The molecule has 0 aliphatic heterocycles. The molecular weight excluding hydrogens is 278 g/mol. The zero-order valence-corrected chi connectivity index (χ0v) is 15.0. The monoisotopic (exact) mass is 309 g/mol. The zero-order valence-electron chi connectivity index (χ0n) is 14.2. The topological polar surface area (TPSA) is 32.3 Å². The van der Waals surface area contributed by atoms with Crippen LogP contribution < -0.4 is 5.32 Å². The lowest BCUT2D eigenvalue weighted by Crippen LogP contribution is -2.51. The van der Waals surface area contributed by atoms with E-state index in [-0.39, 0.29) is 12.1 Å². The molecule has 2 N–H and O–H groups in total. The summed E-state index contributed by atoms with van der Waals surface area (Å²) >= 11 is 1.93. The smallest absolute Gasteiger partial charge is 0.0613 e. The van der Waals surface area contributed by atoms with Crippen LogP contribution in [0.2, 0.25) is 0 Å². The van der Waals surface area contributed by atoms with Crippen LogP contribution >= 0.6 is 11.8 Å². The predicted octanol–water partition coefficient (Wildman–Crippen LogP) is 4.31. The Morgan fingerprint density at radius 3 is 2.52 bits per heavy atom. The van der Waals surface area contributed by atoms with E-state index in [1.165, 1.54) is 16.0 Å². The third-order valence-corrected chi connectivity index (χ3v) is 5.22. The van der Waals surface area contributed by atoms with Gasteiger partial charge in [-0.3, -0.25) is 0 Å². The van der Waals surface area contributed by atoms with Crippen molar-refractivity contribution in [2.75, 3.05) is 12.4 Å². The Labute approximate surface area is 134 Å². The summed E-state index contributed by atoms with van der Waals surface area (Å²) in [5.74, 6) is 1.10. The summed E-state index contributed by atoms with van der Waals surface area (Å²) in [4.78, 5) is 1.38. The Morgan fingerprint density at radius 2 is 2.00 bits per heavy atom. The minimum absolute atomic E-state index is 0.114. The molecule has 0 saturated carbocycles. The van der Waals surface area contributed by atoms with Gasteiger partial charge in [0, 0.05) is 16.5 Å². The fourth-order valence-corrected chi connectivity index (χ4v) is 3.71. The van der Waals surface area contributed by atoms with Crippen molar-refractivity contribution in [3.8, 4) is 0 Å².